The third-order valence-corrected chi connectivity index (χ3v) is 5.86. The van der Waals surface area contributed by atoms with Crippen LogP contribution in [-0.4, -0.2) is 31.1 Å². The summed E-state index contributed by atoms with van der Waals surface area (Å²) >= 11 is 0. The molecule has 1 heterocycles. The number of nitrogens with zero attached hydrogens (tertiary/aromatic N) is 1. The van der Waals surface area contributed by atoms with E-state index in [4.69, 9.17) is 4.74 Å². The molecule has 2 aliphatic rings. The lowest BCUT2D eigenvalue weighted by atomic mass is 9.89. The Hall–Kier alpha value is -1.26. The lowest BCUT2D eigenvalue weighted by Crippen LogP contribution is -2.46. The normalized spacial score (nSPS) is 18.7. The van der Waals surface area contributed by atoms with E-state index < -0.39 is 0 Å². The average Bonchev–Trinajstić information content (AvgIpc) is 3.23. The minimum absolute atomic E-state index is 0. The van der Waals surface area contributed by atoms with E-state index in [0.29, 0.717) is 12.6 Å². The molecule has 0 radical (unpaired) electrons. The van der Waals surface area contributed by atoms with Crippen molar-refractivity contribution in [1.82, 2.24) is 10.2 Å². The highest BCUT2D eigenvalue weighted by atomic mass is 35.5. The van der Waals surface area contributed by atoms with Crippen LogP contribution in [0.3, 0.4) is 0 Å². The number of ether oxygens (including phenoxy) is 1. The van der Waals surface area contributed by atoms with E-state index in [9.17, 15) is 0 Å². The van der Waals surface area contributed by atoms with Gasteiger partial charge in [0.1, 0.15) is 12.4 Å². The molecule has 1 saturated carbocycles. The molecular weight excluding hydrogens is 391 g/mol. The predicted octanol–water partition coefficient (Wildman–Crippen LogP) is 5.25. The summed E-state index contributed by atoms with van der Waals surface area (Å²) in [6.07, 6.45) is 5.54. The quantitative estimate of drug-likeness (QED) is 0.687. The van der Waals surface area contributed by atoms with Crippen molar-refractivity contribution in [3.05, 3.63) is 65.7 Å². The highest BCUT2D eigenvalue weighted by Crippen LogP contribution is 2.40. The van der Waals surface area contributed by atoms with Gasteiger partial charge in [-0.3, -0.25) is 4.90 Å². The molecule has 2 fully saturated rings. The van der Waals surface area contributed by atoms with Crippen LogP contribution in [0.5, 0.6) is 5.75 Å². The van der Waals surface area contributed by atoms with Crippen molar-refractivity contribution in [1.29, 1.82) is 0 Å². The Morgan fingerprint density at radius 3 is 2.18 bits per heavy atom. The van der Waals surface area contributed by atoms with Crippen molar-refractivity contribution in [3.63, 3.8) is 0 Å². The lowest BCUT2D eigenvalue weighted by Gasteiger charge is -2.38. The lowest BCUT2D eigenvalue weighted by molar-refractivity contribution is 0.125. The molecule has 0 unspecified atom stereocenters. The Balaban J connectivity index is 0.00000140. The van der Waals surface area contributed by atoms with E-state index in [-0.39, 0.29) is 24.8 Å². The fraction of sp³-hybridized carbons (Fsp3) is 0.478. The molecule has 28 heavy (non-hydrogen) atoms. The molecule has 3 nitrogen and oxygen atoms in total. The summed E-state index contributed by atoms with van der Waals surface area (Å²) in [5.74, 6) is 1.77. The SMILES string of the molecule is Cl.Cl.c1ccc(COc2ccc([C@@H](C3CCCC3)N3CCNCC3)cc2)cc1. The molecule has 1 saturated heterocycles. The number of hydrogen-bond donors (Lipinski definition) is 1. The maximum absolute atomic E-state index is 5.97. The standard InChI is InChI=1S/C23H30N2O.2ClH/c1-2-6-19(7-3-1)18-26-22-12-10-21(11-13-22)23(20-8-4-5-9-20)25-16-14-24-15-17-25;;/h1-3,6-7,10-13,20,23-24H,4-5,8-9,14-18H2;2*1H/t23-;;/m1../s1. The molecule has 5 heteroatoms. The van der Waals surface area contributed by atoms with Gasteiger partial charge >= 0.3 is 0 Å². The van der Waals surface area contributed by atoms with Crippen molar-refractivity contribution in [2.24, 2.45) is 5.92 Å². The van der Waals surface area contributed by atoms with Crippen LogP contribution in [0.25, 0.3) is 0 Å². The number of halogens is 2. The Labute approximate surface area is 181 Å². The second-order valence-corrected chi connectivity index (χ2v) is 7.62. The summed E-state index contributed by atoms with van der Waals surface area (Å²) in [6, 6.07) is 19.8. The van der Waals surface area contributed by atoms with Crippen molar-refractivity contribution in [2.45, 2.75) is 38.3 Å². The molecule has 154 valence electrons. The largest absolute Gasteiger partial charge is 0.489 e. The number of hydrogen-bond acceptors (Lipinski definition) is 3. The molecular formula is C23H32Cl2N2O. The summed E-state index contributed by atoms with van der Waals surface area (Å²) in [5.41, 5.74) is 2.67. The van der Waals surface area contributed by atoms with Crippen molar-refractivity contribution < 1.29 is 4.74 Å². The van der Waals surface area contributed by atoms with Gasteiger partial charge in [-0.1, -0.05) is 55.3 Å². The highest BCUT2D eigenvalue weighted by Gasteiger charge is 2.31. The third kappa shape index (κ3) is 5.87. The van der Waals surface area contributed by atoms with Gasteiger partial charge in [0, 0.05) is 32.2 Å². The molecule has 0 spiro atoms. The first-order valence-corrected chi connectivity index (χ1v) is 10.1. The van der Waals surface area contributed by atoms with E-state index in [1.54, 1.807) is 0 Å². The predicted molar refractivity (Wildman–Crippen MR) is 121 cm³/mol. The van der Waals surface area contributed by atoms with Crippen LogP contribution in [0.4, 0.5) is 0 Å². The zero-order valence-corrected chi connectivity index (χ0v) is 18.0. The van der Waals surface area contributed by atoms with Gasteiger partial charge in [0.05, 0.1) is 0 Å². The summed E-state index contributed by atoms with van der Waals surface area (Å²) in [5, 5.41) is 3.49. The van der Waals surface area contributed by atoms with E-state index in [1.165, 1.54) is 36.8 Å². The maximum atomic E-state index is 5.97. The van der Waals surface area contributed by atoms with E-state index >= 15 is 0 Å². The van der Waals surface area contributed by atoms with Gasteiger partial charge in [0.2, 0.25) is 0 Å². The minimum Gasteiger partial charge on any atom is -0.489 e. The highest BCUT2D eigenvalue weighted by molar-refractivity contribution is 5.85. The number of piperazine rings is 1. The van der Waals surface area contributed by atoms with Gasteiger partial charge in [-0.15, -0.1) is 24.8 Å². The molecule has 2 aromatic rings. The van der Waals surface area contributed by atoms with Gasteiger partial charge in [-0.05, 0) is 42.0 Å². The van der Waals surface area contributed by atoms with E-state index in [2.05, 4.69) is 58.7 Å². The zero-order valence-electron chi connectivity index (χ0n) is 16.4. The first-order valence-electron chi connectivity index (χ1n) is 10.1. The van der Waals surface area contributed by atoms with Gasteiger partial charge in [-0.25, -0.2) is 0 Å². The van der Waals surface area contributed by atoms with Gasteiger partial charge in [-0.2, -0.15) is 0 Å². The van der Waals surface area contributed by atoms with Crippen molar-refractivity contribution in [2.75, 3.05) is 26.2 Å². The van der Waals surface area contributed by atoms with Crippen LogP contribution in [0, 0.1) is 5.92 Å². The summed E-state index contributed by atoms with van der Waals surface area (Å²) < 4.78 is 5.97. The van der Waals surface area contributed by atoms with Crippen LogP contribution in [0.2, 0.25) is 0 Å². The Morgan fingerprint density at radius 1 is 0.893 bits per heavy atom. The fourth-order valence-electron chi connectivity index (χ4n) is 4.52. The Morgan fingerprint density at radius 2 is 1.54 bits per heavy atom. The second-order valence-electron chi connectivity index (χ2n) is 7.62. The molecule has 1 atom stereocenters. The average molecular weight is 423 g/mol. The minimum atomic E-state index is 0. The molecule has 1 aliphatic heterocycles. The first-order chi connectivity index (χ1) is 12.9. The third-order valence-electron chi connectivity index (χ3n) is 5.86. The molecule has 1 N–H and O–H groups in total. The van der Waals surface area contributed by atoms with Gasteiger partial charge < -0.3 is 10.1 Å². The molecule has 0 amide bonds. The summed E-state index contributed by atoms with van der Waals surface area (Å²) in [6.45, 7) is 5.17. The van der Waals surface area contributed by atoms with Crippen molar-refractivity contribution >= 4 is 24.8 Å². The van der Waals surface area contributed by atoms with Crippen LogP contribution in [0.1, 0.15) is 42.9 Å². The van der Waals surface area contributed by atoms with E-state index in [0.717, 1.165) is 37.8 Å². The monoisotopic (exact) mass is 422 g/mol. The maximum Gasteiger partial charge on any atom is 0.119 e. The number of rotatable bonds is 6. The summed E-state index contributed by atoms with van der Waals surface area (Å²) in [4.78, 5) is 2.70. The topological polar surface area (TPSA) is 24.5 Å². The van der Waals surface area contributed by atoms with Gasteiger partial charge in [0.25, 0.3) is 0 Å². The molecule has 0 aromatic heterocycles. The Kier molecular flexibility index (Phi) is 9.60. The zero-order chi connectivity index (χ0) is 17.6. The smallest absolute Gasteiger partial charge is 0.119 e. The second kappa shape index (κ2) is 11.7. The number of nitrogens with one attached hydrogen (secondary N) is 1. The molecule has 4 rings (SSSR count). The molecule has 0 bridgehead atoms. The van der Waals surface area contributed by atoms with E-state index in [1.807, 2.05) is 6.07 Å². The summed E-state index contributed by atoms with van der Waals surface area (Å²) in [7, 11) is 0. The molecule has 2 aromatic carbocycles. The van der Waals surface area contributed by atoms with Crippen LogP contribution in [-0.2, 0) is 6.61 Å². The first kappa shape index (κ1) is 23.0. The van der Waals surface area contributed by atoms with Crippen LogP contribution >= 0.6 is 24.8 Å². The van der Waals surface area contributed by atoms with Crippen LogP contribution in [0.15, 0.2) is 54.6 Å². The molecule has 1 aliphatic carbocycles. The Bertz CT molecular complexity index is 669. The fourth-order valence-corrected chi connectivity index (χ4v) is 4.52. The van der Waals surface area contributed by atoms with Crippen molar-refractivity contribution in [3.8, 4) is 5.75 Å². The van der Waals surface area contributed by atoms with Crippen LogP contribution < -0.4 is 10.1 Å². The number of benzene rings is 2. The van der Waals surface area contributed by atoms with Gasteiger partial charge in [0.15, 0.2) is 0 Å².